The van der Waals surface area contributed by atoms with E-state index in [2.05, 4.69) is 12.2 Å². The summed E-state index contributed by atoms with van der Waals surface area (Å²) in [5.74, 6) is 0.400. The summed E-state index contributed by atoms with van der Waals surface area (Å²) in [7, 11) is 0. The highest BCUT2D eigenvalue weighted by Crippen LogP contribution is 2.25. The quantitative estimate of drug-likeness (QED) is 0.802. The Hall–Kier alpha value is -1.92. The molecule has 2 rings (SSSR count). The van der Waals surface area contributed by atoms with Crippen LogP contribution in [0.25, 0.3) is 0 Å². The molecule has 0 aliphatic carbocycles. The molecule has 21 heavy (non-hydrogen) atoms. The minimum absolute atomic E-state index is 0.140. The van der Waals surface area contributed by atoms with Crippen LogP contribution >= 0.6 is 23.6 Å². The molecular weight excluding hydrogens is 304 g/mol. The lowest BCUT2D eigenvalue weighted by atomic mass is 10.3. The number of para-hydroxylation sites is 2. The molecule has 1 aromatic heterocycles. The number of benzene rings is 1. The van der Waals surface area contributed by atoms with Gasteiger partial charge in [-0.3, -0.25) is 4.79 Å². The Kier molecular flexibility index (Phi) is 5.30. The zero-order valence-corrected chi connectivity index (χ0v) is 13.2. The zero-order valence-electron chi connectivity index (χ0n) is 11.6. The highest BCUT2D eigenvalue weighted by atomic mass is 32.1. The van der Waals surface area contributed by atoms with Crippen molar-refractivity contribution in [3.8, 4) is 5.75 Å². The van der Waals surface area contributed by atoms with E-state index in [1.54, 1.807) is 12.1 Å². The summed E-state index contributed by atoms with van der Waals surface area (Å²) in [6, 6.07) is 11.0. The van der Waals surface area contributed by atoms with E-state index in [4.69, 9.17) is 22.7 Å². The van der Waals surface area contributed by atoms with Gasteiger partial charge in [-0.25, -0.2) is 0 Å². The van der Waals surface area contributed by atoms with Gasteiger partial charge in [0.1, 0.15) is 17.3 Å². The van der Waals surface area contributed by atoms with Gasteiger partial charge in [-0.2, -0.15) is 0 Å². The van der Waals surface area contributed by atoms with Crippen LogP contribution in [-0.4, -0.2) is 17.5 Å². The average Bonchev–Trinajstić information content (AvgIpc) is 2.95. The fraction of sp³-hybridized carbons (Fsp3) is 0.200. The van der Waals surface area contributed by atoms with Crippen LogP contribution in [0.5, 0.6) is 5.75 Å². The number of hydrogen-bond donors (Lipinski definition) is 2. The largest absolute Gasteiger partial charge is 0.484 e. The Morgan fingerprint density at radius 1 is 1.33 bits per heavy atom. The summed E-state index contributed by atoms with van der Waals surface area (Å²) in [4.78, 5) is 14.3. The maximum absolute atomic E-state index is 12.2. The summed E-state index contributed by atoms with van der Waals surface area (Å²) >= 11 is 6.28. The van der Waals surface area contributed by atoms with Crippen molar-refractivity contribution in [1.82, 2.24) is 0 Å². The second-order valence-electron chi connectivity index (χ2n) is 4.32. The topological polar surface area (TPSA) is 64.3 Å². The van der Waals surface area contributed by atoms with Crippen LogP contribution in [0.15, 0.2) is 36.4 Å². The van der Waals surface area contributed by atoms with E-state index in [1.165, 1.54) is 16.2 Å². The molecule has 0 unspecified atom stereocenters. The van der Waals surface area contributed by atoms with Crippen LogP contribution in [0.2, 0.25) is 0 Å². The van der Waals surface area contributed by atoms with Gasteiger partial charge in [0.15, 0.2) is 0 Å². The van der Waals surface area contributed by atoms with Crippen LogP contribution in [-0.2, 0) is 6.42 Å². The van der Waals surface area contributed by atoms with E-state index < -0.39 is 0 Å². The number of aryl methyl sites for hydroxylation is 1. The number of hydrogen-bond acceptors (Lipinski definition) is 4. The molecule has 110 valence electrons. The number of ether oxygens (including phenoxy) is 1. The summed E-state index contributed by atoms with van der Waals surface area (Å²) in [5, 5.41) is 2.85. The standard InChI is InChI=1S/C15H16N2O2S2/c1-2-10-7-8-13(21-10)15(18)17-11-5-3-4-6-12(11)19-9-14(16)20/h3-8H,2,9H2,1H3,(H2,16,20)(H,17,18). The molecule has 1 amide bonds. The van der Waals surface area contributed by atoms with Gasteiger partial charge in [0, 0.05) is 4.88 Å². The van der Waals surface area contributed by atoms with E-state index in [9.17, 15) is 4.79 Å². The first kappa shape index (κ1) is 15.5. The van der Waals surface area contributed by atoms with E-state index >= 15 is 0 Å². The van der Waals surface area contributed by atoms with Crippen molar-refractivity contribution in [2.24, 2.45) is 5.73 Å². The van der Waals surface area contributed by atoms with Crippen LogP contribution in [0.4, 0.5) is 5.69 Å². The lowest BCUT2D eigenvalue weighted by Gasteiger charge is -2.11. The molecule has 1 heterocycles. The molecule has 0 saturated carbocycles. The first-order valence-electron chi connectivity index (χ1n) is 6.50. The van der Waals surface area contributed by atoms with Crippen molar-refractivity contribution < 1.29 is 9.53 Å². The van der Waals surface area contributed by atoms with E-state index in [0.717, 1.165) is 6.42 Å². The molecule has 1 aromatic carbocycles. The minimum Gasteiger partial charge on any atom is -0.484 e. The highest BCUT2D eigenvalue weighted by Gasteiger charge is 2.12. The monoisotopic (exact) mass is 320 g/mol. The van der Waals surface area contributed by atoms with Crippen molar-refractivity contribution in [3.63, 3.8) is 0 Å². The number of amides is 1. The Morgan fingerprint density at radius 2 is 2.10 bits per heavy atom. The summed E-state index contributed by atoms with van der Waals surface area (Å²) < 4.78 is 5.48. The molecular formula is C15H16N2O2S2. The number of anilines is 1. The molecule has 0 fully saturated rings. The molecule has 0 bridgehead atoms. The molecule has 0 aliphatic rings. The van der Waals surface area contributed by atoms with Crippen molar-refractivity contribution in [2.75, 3.05) is 11.9 Å². The van der Waals surface area contributed by atoms with Gasteiger partial charge < -0.3 is 15.8 Å². The number of carbonyl (C=O) groups excluding carboxylic acids is 1. The minimum atomic E-state index is -0.147. The molecule has 0 atom stereocenters. The molecule has 0 aliphatic heterocycles. The predicted molar refractivity (Wildman–Crippen MR) is 90.4 cm³/mol. The summed E-state index contributed by atoms with van der Waals surface area (Å²) in [6.45, 7) is 2.20. The molecule has 0 spiro atoms. The maximum atomic E-state index is 12.2. The summed E-state index contributed by atoms with van der Waals surface area (Å²) in [6.07, 6.45) is 0.922. The van der Waals surface area contributed by atoms with Gasteiger partial charge in [-0.1, -0.05) is 31.3 Å². The van der Waals surface area contributed by atoms with Crippen molar-refractivity contribution >= 4 is 40.1 Å². The third-order valence-electron chi connectivity index (χ3n) is 2.74. The first-order valence-corrected chi connectivity index (χ1v) is 7.72. The molecule has 2 aromatic rings. The summed E-state index contributed by atoms with van der Waals surface area (Å²) in [5.41, 5.74) is 6.02. The van der Waals surface area contributed by atoms with E-state index in [-0.39, 0.29) is 17.5 Å². The van der Waals surface area contributed by atoms with Gasteiger partial charge in [0.05, 0.1) is 10.6 Å². The fourth-order valence-corrected chi connectivity index (χ4v) is 2.62. The third kappa shape index (κ3) is 4.27. The predicted octanol–water partition coefficient (Wildman–Crippen LogP) is 3.23. The van der Waals surface area contributed by atoms with Gasteiger partial charge >= 0.3 is 0 Å². The van der Waals surface area contributed by atoms with Crippen molar-refractivity contribution in [1.29, 1.82) is 0 Å². The van der Waals surface area contributed by atoms with Crippen LogP contribution < -0.4 is 15.8 Å². The van der Waals surface area contributed by atoms with Gasteiger partial charge in [-0.15, -0.1) is 11.3 Å². The van der Waals surface area contributed by atoms with Crippen LogP contribution in [0, 0.1) is 0 Å². The number of nitrogens with one attached hydrogen (secondary N) is 1. The normalized spacial score (nSPS) is 10.1. The number of thiocarbonyl (C=S) groups is 1. The second-order valence-corrected chi connectivity index (χ2v) is 6.02. The van der Waals surface area contributed by atoms with Crippen LogP contribution in [0.3, 0.4) is 0 Å². The Labute approximate surface area is 132 Å². The van der Waals surface area contributed by atoms with Gasteiger partial charge in [-0.05, 0) is 30.7 Å². The Balaban J connectivity index is 2.11. The molecule has 6 heteroatoms. The number of carbonyl (C=O) groups is 1. The number of rotatable bonds is 6. The first-order chi connectivity index (χ1) is 10.1. The molecule has 0 saturated heterocycles. The Morgan fingerprint density at radius 3 is 2.76 bits per heavy atom. The SMILES string of the molecule is CCc1ccc(C(=O)Nc2ccccc2OCC(N)=S)s1. The lowest BCUT2D eigenvalue weighted by molar-refractivity contribution is 0.103. The molecule has 0 radical (unpaired) electrons. The van der Waals surface area contributed by atoms with Gasteiger partial charge in [0.25, 0.3) is 5.91 Å². The number of nitrogens with two attached hydrogens (primary N) is 1. The van der Waals surface area contributed by atoms with Gasteiger partial charge in [0.2, 0.25) is 0 Å². The highest BCUT2D eigenvalue weighted by molar-refractivity contribution is 7.80. The van der Waals surface area contributed by atoms with Crippen LogP contribution in [0.1, 0.15) is 21.5 Å². The van der Waals surface area contributed by atoms with Crippen molar-refractivity contribution in [3.05, 3.63) is 46.2 Å². The molecule has 3 N–H and O–H groups in total. The number of thiophene rings is 1. The Bertz CT molecular complexity index is 653. The fourth-order valence-electron chi connectivity index (χ4n) is 1.72. The van der Waals surface area contributed by atoms with Crippen molar-refractivity contribution in [2.45, 2.75) is 13.3 Å². The lowest BCUT2D eigenvalue weighted by Crippen LogP contribution is -2.19. The molecule has 4 nitrogen and oxygen atoms in total. The average molecular weight is 320 g/mol. The van der Waals surface area contributed by atoms with E-state index in [0.29, 0.717) is 16.3 Å². The smallest absolute Gasteiger partial charge is 0.265 e. The zero-order chi connectivity index (χ0) is 15.2. The van der Waals surface area contributed by atoms with E-state index in [1.807, 2.05) is 24.3 Å². The second kappa shape index (κ2) is 7.19. The maximum Gasteiger partial charge on any atom is 0.265 e. The third-order valence-corrected chi connectivity index (χ3v) is 4.09.